The molecule has 1 N–H and O–H groups in total. The minimum Gasteiger partial charge on any atom is -0.462 e. The van der Waals surface area contributed by atoms with Crippen LogP contribution in [0.1, 0.15) is 48.1 Å². The third-order valence-corrected chi connectivity index (χ3v) is 6.10. The summed E-state index contributed by atoms with van der Waals surface area (Å²) in [5.74, 6) is -0.683. The van der Waals surface area contributed by atoms with E-state index < -0.39 is 12.0 Å². The molecule has 1 atom stereocenters. The Morgan fingerprint density at radius 2 is 1.77 bits per heavy atom. The molecule has 8 heteroatoms. The second-order valence-corrected chi connectivity index (χ2v) is 8.24. The van der Waals surface area contributed by atoms with Crippen molar-refractivity contribution in [1.82, 2.24) is 14.3 Å². The quantitative estimate of drug-likeness (QED) is 0.398. The lowest BCUT2D eigenvalue weighted by Gasteiger charge is -2.21. The summed E-state index contributed by atoms with van der Waals surface area (Å²) in [6.07, 6.45) is 2.18. The molecule has 180 valence electrons. The molecule has 0 radical (unpaired) electrons. The lowest BCUT2D eigenvalue weighted by molar-refractivity contribution is -0.119. The van der Waals surface area contributed by atoms with E-state index in [1.54, 1.807) is 37.4 Å². The Balaban J connectivity index is 1.71. The Hall–Kier alpha value is -4.20. The number of benzene rings is 2. The number of aryl methyl sites for hydroxylation is 2. The number of carbonyl (C=O) groups excluding carboxylic acids is 2. The summed E-state index contributed by atoms with van der Waals surface area (Å²) in [6, 6.07) is 15.3. The molecular weight excluding hydrogens is 444 g/mol. The molecule has 0 spiro atoms. The van der Waals surface area contributed by atoms with E-state index >= 15 is 0 Å². The van der Waals surface area contributed by atoms with Crippen LogP contribution < -0.4 is 10.9 Å². The zero-order valence-electron chi connectivity index (χ0n) is 20.2. The number of carbonyl (C=O) groups is 2. The van der Waals surface area contributed by atoms with Crippen molar-refractivity contribution in [2.75, 3.05) is 11.9 Å². The summed E-state index contributed by atoms with van der Waals surface area (Å²) < 4.78 is 8.32. The highest BCUT2D eigenvalue weighted by Gasteiger charge is 2.26. The van der Waals surface area contributed by atoms with Gasteiger partial charge in [0.05, 0.1) is 29.4 Å². The first-order chi connectivity index (χ1) is 16.9. The van der Waals surface area contributed by atoms with Crippen LogP contribution in [0, 0.1) is 13.8 Å². The van der Waals surface area contributed by atoms with E-state index in [0.29, 0.717) is 34.4 Å². The van der Waals surface area contributed by atoms with Crippen LogP contribution in [0.5, 0.6) is 0 Å². The average Bonchev–Trinajstić information content (AvgIpc) is 3.11. The second kappa shape index (κ2) is 9.97. The van der Waals surface area contributed by atoms with E-state index in [-0.39, 0.29) is 18.1 Å². The van der Waals surface area contributed by atoms with E-state index in [4.69, 9.17) is 4.74 Å². The minimum absolute atomic E-state index is 0.231. The SMILES string of the molecule is CCOC(=O)c1cccc(NC(=O)[C@H](CC)n2c(C)c3cnn(-c4ccccc4)c(=O)c3c2C)c1. The van der Waals surface area contributed by atoms with Gasteiger partial charge in [0.1, 0.15) is 6.04 Å². The molecule has 0 saturated heterocycles. The summed E-state index contributed by atoms with van der Waals surface area (Å²) in [5.41, 5.74) is 2.81. The minimum atomic E-state index is -0.557. The van der Waals surface area contributed by atoms with Crippen LogP contribution in [-0.4, -0.2) is 32.8 Å². The van der Waals surface area contributed by atoms with Crippen LogP contribution in [0.25, 0.3) is 16.5 Å². The molecular formula is C27H28N4O4. The predicted octanol–water partition coefficient (Wildman–Crippen LogP) is 4.57. The molecule has 0 aliphatic heterocycles. The molecule has 2 aromatic heterocycles. The molecule has 2 aromatic carbocycles. The van der Waals surface area contributed by atoms with Crippen molar-refractivity contribution in [3.63, 3.8) is 0 Å². The number of nitrogens with zero attached hydrogens (tertiary/aromatic N) is 3. The van der Waals surface area contributed by atoms with E-state index in [1.165, 1.54) is 4.68 Å². The fourth-order valence-corrected chi connectivity index (χ4v) is 4.45. The number of hydrogen-bond acceptors (Lipinski definition) is 5. The highest BCUT2D eigenvalue weighted by Crippen LogP contribution is 2.28. The first-order valence-electron chi connectivity index (χ1n) is 11.6. The van der Waals surface area contributed by atoms with Gasteiger partial charge in [-0.05, 0) is 57.5 Å². The van der Waals surface area contributed by atoms with Crippen molar-refractivity contribution in [3.8, 4) is 5.69 Å². The number of rotatable bonds is 7. The van der Waals surface area contributed by atoms with Crippen LogP contribution >= 0.6 is 0 Å². The molecule has 0 fully saturated rings. The molecule has 0 aliphatic carbocycles. The van der Waals surface area contributed by atoms with Crippen LogP contribution in [0.2, 0.25) is 0 Å². The summed E-state index contributed by atoms with van der Waals surface area (Å²) in [6.45, 7) is 7.67. The van der Waals surface area contributed by atoms with Gasteiger partial charge in [0.25, 0.3) is 5.56 Å². The normalized spacial score (nSPS) is 11.9. The number of amides is 1. The van der Waals surface area contributed by atoms with E-state index in [1.807, 2.05) is 55.7 Å². The van der Waals surface area contributed by atoms with Crippen LogP contribution in [0.15, 0.2) is 65.6 Å². The predicted molar refractivity (Wildman–Crippen MR) is 135 cm³/mol. The van der Waals surface area contributed by atoms with Gasteiger partial charge in [-0.2, -0.15) is 9.78 Å². The first kappa shape index (κ1) is 23.9. The van der Waals surface area contributed by atoms with Crippen molar-refractivity contribution in [2.24, 2.45) is 0 Å². The molecule has 1 amide bonds. The number of hydrogen-bond donors (Lipinski definition) is 1. The number of fused-ring (bicyclic) bond motifs is 1. The van der Waals surface area contributed by atoms with Crippen molar-refractivity contribution < 1.29 is 14.3 Å². The Morgan fingerprint density at radius 3 is 2.46 bits per heavy atom. The van der Waals surface area contributed by atoms with Crippen molar-refractivity contribution in [2.45, 2.75) is 40.2 Å². The molecule has 0 aliphatic rings. The Bertz CT molecular complexity index is 1450. The zero-order chi connectivity index (χ0) is 25.1. The maximum Gasteiger partial charge on any atom is 0.338 e. The smallest absolute Gasteiger partial charge is 0.338 e. The third kappa shape index (κ3) is 4.47. The summed E-state index contributed by atoms with van der Waals surface area (Å²) in [4.78, 5) is 38.8. The molecule has 4 rings (SSSR count). The van der Waals surface area contributed by atoms with Crippen LogP contribution in [-0.2, 0) is 9.53 Å². The Labute approximate surface area is 203 Å². The van der Waals surface area contributed by atoms with Gasteiger partial charge in [-0.3, -0.25) is 9.59 Å². The first-order valence-corrected chi connectivity index (χ1v) is 11.6. The number of nitrogens with one attached hydrogen (secondary N) is 1. The van der Waals surface area contributed by atoms with Crippen molar-refractivity contribution in [1.29, 1.82) is 0 Å². The maximum absolute atomic E-state index is 13.4. The van der Waals surface area contributed by atoms with Gasteiger partial charge in [-0.25, -0.2) is 4.79 Å². The van der Waals surface area contributed by atoms with Gasteiger partial charge in [-0.1, -0.05) is 31.2 Å². The molecule has 0 unspecified atom stereocenters. The number of esters is 1. The third-order valence-electron chi connectivity index (χ3n) is 6.10. The molecule has 0 bridgehead atoms. The van der Waals surface area contributed by atoms with Gasteiger partial charge < -0.3 is 14.6 Å². The summed E-state index contributed by atoms with van der Waals surface area (Å²) >= 11 is 0. The fourth-order valence-electron chi connectivity index (χ4n) is 4.45. The van der Waals surface area contributed by atoms with Crippen LogP contribution in [0.4, 0.5) is 5.69 Å². The number of para-hydroxylation sites is 1. The van der Waals surface area contributed by atoms with Gasteiger partial charge in [0.15, 0.2) is 0 Å². The van der Waals surface area contributed by atoms with Gasteiger partial charge in [0.2, 0.25) is 5.91 Å². The molecule has 35 heavy (non-hydrogen) atoms. The lowest BCUT2D eigenvalue weighted by Crippen LogP contribution is -2.27. The molecule has 2 heterocycles. The summed E-state index contributed by atoms with van der Waals surface area (Å²) in [7, 11) is 0. The maximum atomic E-state index is 13.4. The number of ether oxygens (including phenoxy) is 1. The second-order valence-electron chi connectivity index (χ2n) is 8.24. The fraction of sp³-hybridized carbons (Fsp3) is 0.259. The van der Waals surface area contributed by atoms with Crippen molar-refractivity contribution >= 4 is 28.3 Å². The van der Waals surface area contributed by atoms with E-state index in [0.717, 1.165) is 11.1 Å². The van der Waals surface area contributed by atoms with Gasteiger partial charge in [0, 0.05) is 22.5 Å². The highest BCUT2D eigenvalue weighted by atomic mass is 16.5. The Kier molecular flexibility index (Phi) is 6.82. The van der Waals surface area contributed by atoms with Crippen molar-refractivity contribution in [3.05, 3.63) is 88.1 Å². The topological polar surface area (TPSA) is 95.2 Å². The van der Waals surface area contributed by atoms with E-state index in [9.17, 15) is 14.4 Å². The molecule has 0 saturated carbocycles. The molecule has 4 aromatic rings. The number of aromatic nitrogens is 3. The largest absolute Gasteiger partial charge is 0.462 e. The average molecular weight is 473 g/mol. The van der Waals surface area contributed by atoms with E-state index in [2.05, 4.69) is 10.4 Å². The van der Waals surface area contributed by atoms with Gasteiger partial charge >= 0.3 is 5.97 Å². The lowest BCUT2D eigenvalue weighted by atomic mass is 10.1. The zero-order valence-corrected chi connectivity index (χ0v) is 20.2. The molecule has 8 nitrogen and oxygen atoms in total. The summed E-state index contributed by atoms with van der Waals surface area (Å²) in [5, 5.41) is 8.55. The Morgan fingerprint density at radius 1 is 1.03 bits per heavy atom. The van der Waals surface area contributed by atoms with Crippen LogP contribution in [0.3, 0.4) is 0 Å². The number of anilines is 1. The monoisotopic (exact) mass is 472 g/mol. The highest BCUT2D eigenvalue weighted by molar-refractivity contribution is 5.97. The van der Waals surface area contributed by atoms with Gasteiger partial charge in [-0.15, -0.1) is 0 Å². The standard InChI is InChI=1S/C27H28N4O4/c1-5-23(25(32)29-20-12-10-11-19(15-20)27(34)35-6-2)30-17(3)22-16-28-31(21-13-8-7-9-14-21)26(33)24(22)18(30)4/h7-16,23H,5-6H2,1-4H3,(H,29,32)/t23-/m0/s1.